The lowest BCUT2D eigenvalue weighted by atomic mass is 9.97. The Labute approximate surface area is 106 Å². The molecule has 19 heavy (non-hydrogen) atoms. The van der Waals surface area contributed by atoms with E-state index in [-0.39, 0.29) is 22.1 Å². The first-order valence-electron chi connectivity index (χ1n) is 5.49. The third-order valence-electron chi connectivity index (χ3n) is 3.05. The second-order valence-electron chi connectivity index (χ2n) is 4.07. The van der Waals surface area contributed by atoms with Crippen LogP contribution in [0.25, 0.3) is 21.5 Å². The van der Waals surface area contributed by atoms with Crippen molar-refractivity contribution in [3.05, 3.63) is 52.6 Å². The molecule has 0 fully saturated rings. The Balaban J connectivity index is 2.75. The van der Waals surface area contributed by atoms with E-state index in [9.17, 15) is 19.8 Å². The van der Waals surface area contributed by atoms with E-state index in [1.54, 1.807) is 24.3 Å². The van der Waals surface area contributed by atoms with Crippen LogP contribution in [0.5, 0.6) is 5.75 Å². The quantitative estimate of drug-likeness (QED) is 0.652. The van der Waals surface area contributed by atoms with Crippen molar-refractivity contribution in [2.75, 3.05) is 0 Å². The Hall–Kier alpha value is -2.82. The van der Waals surface area contributed by atoms with E-state index in [4.69, 9.17) is 4.42 Å². The lowest BCUT2D eigenvalue weighted by molar-refractivity contribution is 0.0701. The van der Waals surface area contributed by atoms with Gasteiger partial charge in [-0.05, 0) is 6.07 Å². The molecule has 0 aliphatic carbocycles. The van der Waals surface area contributed by atoms with Crippen molar-refractivity contribution in [1.82, 2.24) is 0 Å². The topological polar surface area (TPSA) is 87.7 Å². The minimum Gasteiger partial charge on any atom is -0.506 e. The zero-order valence-corrected chi connectivity index (χ0v) is 9.58. The number of carboxylic acids is 1. The molecule has 0 bridgehead atoms. The first-order chi connectivity index (χ1) is 9.11. The average molecular weight is 256 g/mol. The number of phenols is 1. The molecule has 0 amide bonds. The van der Waals surface area contributed by atoms with E-state index >= 15 is 0 Å². The Kier molecular flexibility index (Phi) is 2.28. The van der Waals surface area contributed by atoms with Crippen molar-refractivity contribution in [2.45, 2.75) is 0 Å². The molecular formula is C14H8O5. The summed E-state index contributed by atoms with van der Waals surface area (Å²) in [5, 5.41) is 20.2. The van der Waals surface area contributed by atoms with Crippen LogP contribution in [0.15, 0.2) is 45.8 Å². The van der Waals surface area contributed by atoms with E-state index in [1.807, 2.05) is 0 Å². The monoisotopic (exact) mass is 256 g/mol. The van der Waals surface area contributed by atoms with Gasteiger partial charge in [0.1, 0.15) is 11.1 Å². The van der Waals surface area contributed by atoms with Crippen molar-refractivity contribution < 1.29 is 19.4 Å². The maximum Gasteiger partial charge on any atom is 0.347 e. The third kappa shape index (κ3) is 1.48. The van der Waals surface area contributed by atoms with Gasteiger partial charge in [-0.15, -0.1) is 0 Å². The lowest BCUT2D eigenvalue weighted by Gasteiger charge is -2.09. The first kappa shape index (κ1) is 11.3. The molecular weight excluding hydrogens is 248 g/mol. The molecule has 2 N–H and O–H groups in total. The number of hydrogen-bond donors (Lipinski definition) is 2. The van der Waals surface area contributed by atoms with Crippen LogP contribution < -0.4 is 5.63 Å². The molecule has 0 spiro atoms. The fraction of sp³-hybridized carbons (Fsp3) is 0. The van der Waals surface area contributed by atoms with Crippen LogP contribution in [0.1, 0.15) is 10.4 Å². The Bertz CT molecular complexity index is 876. The highest BCUT2D eigenvalue weighted by atomic mass is 16.4. The average Bonchev–Trinajstić information content (AvgIpc) is 2.38. The van der Waals surface area contributed by atoms with Crippen LogP contribution in [0.2, 0.25) is 0 Å². The van der Waals surface area contributed by atoms with Crippen molar-refractivity contribution in [1.29, 1.82) is 0 Å². The zero-order valence-electron chi connectivity index (χ0n) is 9.58. The molecule has 0 unspecified atom stereocenters. The van der Waals surface area contributed by atoms with Gasteiger partial charge in [0.15, 0.2) is 0 Å². The van der Waals surface area contributed by atoms with Gasteiger partial charge in [0.25, 0.3) is 0 Å². The fourth-order valence-electron chi connectivity index (χ4n) is 2.27. The normalized spacial score (nSPS) is 10.9. The molecule has 0 saturated heterocycles. The van der Waals surface area contributed by atoms with Crippen LogP contribution in [0, 0.1) is 0 Å². The minimum absolute atomic E-state index is 0.0173. The number of carboxylic acid groups (broad SMARTS) is 1. The van der Waals surface area contributed by atoms with Crippen molar-refractivity contribution in [2.24, 2.45) is 0 Å². The second-order valence-corrected chi connectivity index (χ2v) is 4.07. The number of hydrogen-bond acceptors (Lipinski definition) is 4. The van der Waals surface area contributed by atoms with Gasteiger partial charge in [0.05, 0.1) is 11.8 Å². The van der Waals surface area contributed by atoms with Gasteiger partial charge < -0.3 is 14.6 Å². The van der Waals surface area contributed by atoms with Gasteiger partial charge in [-0.1, -0.05) is 24.3 Å². The van der Waals surface area contributed by atoms with Gasteiger partial charge >= 0.3 is 11.6 Å². The van der Waals surface area contributed by atoms with Crippen LogP contribution in [0.3, 0.4) is 0 Å². The van der Waals surface area contributed by atoms with Crippen molar-refractivity contribution in [3.8, 4) is 5.75 Å². The number of fused-ring (bicyclic) bond motifs is 2. The molecule has 3 aromatic rings. The summed E-state index contributed by atoms with van der Waals surface area (Å²) in [6.45, 7) is 0. The molecule has 5 heteroatoms. The molecule has 3 rings (SSSR count). The summed E-state index contributed by atoms with van der Waals surface area (Å²) in [6.07, 6.45) is 1.12. The van der Waals surface area contributed by atoms with Gasteiger partial charge in [-0.3, -0.25) is 0 Å². The zero-order chi connectivity index (χ0) is 13.6. The van der Waals surface area contributed by atoms with Gasteiger partial charge in [0.2, 0.25) is 0 Å². The summed E-state index contributed by atoms with van der Waals surface area (Å²) in [5.74, 6) is -1.42. The summed E-state index contributed by atoms with van der Waals surface area (Å²) < 4.78 is 4.70. The van der Waals surface area contributed by atoms with Crippen LogP contribution in [0.4, 0.5) is 0 Å². The summed E-state index contributed by atoms with van der Waals surface area (Å²) in [4.78, 5) is 23.1. The number of phenolic OH excluding ortho intramolecular Hbond substituents is 1. The van der Waals surface area contributed by atoms with Crippen molar-refractivity contribution in [3.63, 3.8) is 0 Å². The van der Waals surface area contributed by atoms with Crippen LogP contribution >= 0.6 is 0 Å². The van der Waals surface area contributed by atoms with Crippen LogP contribution in [-0.4, -0.2) is 16.2 Å². The number of aromatic carboxylic acids is 1. The lowest BCUT2D eigenvalue weighted by Crippen LogP contribution is -2.05. The van der Waals surface area contributed by atoms with E-state index in [2.05, 4.69) is 0 Å². The standard InChI is InChI=1S/C14H8O5/c15-12-8-4-2-1-3-7(8)10(13(16)17)9-5-6-19-14(18)11(9)12/h1-6,15H,(H,16,17). The molecule has 1 aromatic heterocycles. The van der Waals surface area contributed by atoms with Gasteiger partial charge in [-0.25, -0.2) is 9.59 Å². The summed E-state index contributed by atoms with van der Waals surface area (Å²) >= 11 is 0. The van der Waals surface area contributed by atoms with Crippen LogP contribution in [-0.2, 0) is 0 Å². The summed E-state index contributed by atoms with van der Waals surface area (Å²) in [6, 6.07) is 7.84. The highest BCUT2D eigenvalue weighted by Crippen LogP contribution is 2.35. The van der Waals surface area contributed by atoms with E-state index in [0.717, 1.165) is 6.26 Å². The molecule has 0 radical (unpaired) electrons. The summed E-state index contributed by atoms with van der Waals surface area (Å²) in [5.41, 5.74) is -0.778. The second kappa shape index (κ2) is 3.84. The summed E-state index contributed by atoms with van der Waals surface area (Å²) in [7, 11) is 0. The number of aromatic hydroxyl groups is 1. The molecule has 0 atom stereocenters. The molecule has 0 saturated carbocycles. The molecule has 0 aliphatic rings. The molecule has 5 nitrogen and oxygen atoms in total. The van der Waals surface area contributed by atoms with Gasteiger partial charge in [-0.2, -0.15) is 0 Å². The number of rotatable bonds is 1. The minimum atomic E-state index is -1.16. The highest BCUT2D eigenvalue weighted by Gasteiger charge is 2.20. The Morgan fingerprint density at radius 1 is 1.05 bits per heavy atom. The maximum absolute atomic E-state index is 11.7. The molecule has 2 aromatic carbocycles. The largest absolute Gasteiger partial charge is 0.506 e. The van der Waals surface area contributed by atoms with E-state index in [1.165, 1.54) is 6.07 Å². The predicted octanol–water partition coefficient (Wildman–Crippen LogP) is 2.35. The Morgan fingerprint density at radius 2 is 1.74 bits per heavy atom. The molecule has 1 heterocycles. The van der Waals surface area contributed by atoms with Gasteiger partial charge in [0, 0.05) is 16.2 Å². The SMILES string of the molecule is O=C(O)c1c2ccccc2c(O)c2c(=O)occc12. The predicted molar refractivity (Wildman–Crippen MR) is 68.6 cm³/mol. The molecule has 0 aliphatic heterocycles. The third-order valence-corrected chi connectivity index (χ3v) is 3.05. The van der Waals surface area contributed by atoms with Crippen molar-refractivity contribution >= 4 is 27.5 Å². The molecule has 94 valence electrons. The Morgan fingerprint density at radius 3 is 2.42 bits per heavy atom. The van der Waals surface area contributed by atoms with E-state index < -0.39 is 11.6 Å². The highest BCUT2D eigenvalue weighted by molar-refractivity contribution is 6.18. The van der Waals surface area contributed by atoms with E-state index in [0.29, 0.717) is 10.8 Å². The smallest absolute Gasteiger partial charge is 0.347 e. The number of benzene rings is 2. The number of carbonyl (C=O) groups is 1. The first-order valence-corrected chi connectivity index (χ1v) is 5.49. The fourth-order valence-corrected chi connectivity index (χ4v) is 2.27. The maximum atomic E-state index is 11.7.